The number of benzene rings is 2. The lowest BCUT2D eigenvalue weighted by Gasteiger charge is -2.08. The normalized spacial score (nSPS) is 13.5. The van der Waals surface area contributed by atoms with E-state index in [1.807, 2.05) is 28.9 Å². The number of aromatic nitrogens is 4. The lowest BCUT2D eigenvalue weighted by atomic mass is 10.1. The molecule has 0 bridgehead atoms. The minimum absolute atomic E-state index is 0.186. The van der Waals surface area contributed by atoms with Crippen molar-refractivity contribution in [3.63, 3.8) is 0 Å². The highest BCUT2D eigenvalue weighted by atomic mass is 16.5. The van der Waals surface area contributed by atoms with E-state index < -0.39 is 0 Å². The Morgan fingerprint density at radius 3 is 2.72 bits per heavy atom. The SMILES string of the molecule is COc1cccc(C(=O)Nc2ccc(-c3nnnn3C3CC3)cc2)c1. The number of ether oxygens (including phenoxy) is 1. The smallest absolute Gasteiger partial charge is 0.255 e. The van der Waals surface area contributed by atoms with Crippen molar-refractivity contribution in [3.05, 3.63) is 54.1 Å². The summed E-state index contributed by atoms with van der Waals surface area (Å²) in [5, 5.41) is 14.8. The van der Waals surface area contributed by atoms with Crippen LogP contribution in [-0.4, -0.2) is 33.2 Å². The average Bonchev–Trinajstić information content (AvgIpc) is 3.39. The van der Waals surface area contributed by atoms with Gasteiger partial charge >= 0.3 is 0 Å². The van der Waals surface area contributed by atoms with Crippen molar-refractivity contribution in [3.8, 4) is 17.1 Å². The highest BCUT2D eigenvalue weighted by Gasteiger charge is 2.28. The van der Waals surface area contributed by atoms with Gasteiger partial charge in [0.05, 0.1) is 13.2 Å². The third-order valence-electron chi connectivity index (χ3n) is 4.12. The van der Waals surface area contributed by atoms with Crippen LogP contribution in [-0.2, 0) is 0 Å². The van der Waals surface area contributed by atoms with Crippen LogP contribution in [0.3, 0.4) is 0 Å². The van der Waals surface area contributed by atoms with Gasteiger partial charge in [0.1, 0.15) is 5.75 Å². The van der Waals surface area contributed by atoms with Gasteiger partial charge in [-0.15, -0.1) is 5.10 Å². The minimum atomic E-state index is -0.186. The molecule has 3 aromatic rings. The maximum Gasteiger partial charge on any atom is 0.255 e. The summed E-state index contributed by atoms with van der Waals surface area (Å²) < 4.78 is 7.01. The zero-order valence-electron chi connectivity index (χ0n) is 13.7. The van der Waals surface area contributed by atoms with Gasteiger partial charge in [-0.1, -0.05) is 6.07 Å². The lowest BCUT2D eigenvalue weighted by Crippen LogP contribution is -2.11. The van der Waals surface area contributed by atoms with Crippen LogP contribution in [0, 0.1) is 0 Å². The van der Waals surface area contributed by atoms with Gasteiger partial charge < -0.3 is 10.1 Å². The first kappa shape index (κ1) is 15.3. The molecule has 1 fully saturated rings. The monoisotopic (exact) mass is 335 g/mol. The summed E-state index contributed by atoms with van der Waals surface area (Å²) in [5.41, 5.74) is 2.18. The van der Waals surface area contributed by atoms with Gasteiger partial charge in [0.15, 0.2) is 5.82 Å². The summed E-state index contributed by atoms with van der Waals surface area (Å²) in [5.74, 6) is 1.22. The second-order valence-corrected chi connectivity index (χ2v) is 5.94. The number of hydrogen-bond donors (Lipinski definition) is 1. The molecule has 0 unspecified atom stereocenters. The first-order valence-corrected chi connectivity index (χ1v) is 8.08. The highest BCUT2D eigenvalue weighted by molar-refractivity contribution is 6.04. The van der Waals surface area contributed by atoms with Gasteiger partial charge in [-0.05, 0) is 65.7 Å². The first-order valence-electron chi connectivity index (χ1n) is 8.08. The predicted molar refractivity (Wildman–Crippen MR) is 92.5 cm³/mol. The summed E-state index contributed by atoms with van der Waals surface area (Å²) >= 11 is 0. The molecule has 0 radical (unpaired) electrons. The molecule has 1 heterocycles. The van der Waals surface area contributed by atoms with Crippen molar-refractivity contribution in [2.75, 3.05) is 12.4 Å². The topological polar surface area (TPSA) is 81.9 Å². The molecule has 0 spiro atoms. The van der Waals surface area contributed by atoms with E-state index in [1.165, 1.54) is 0 Å². The van der Waals surface area contributed by atoms with Crippen LogP contribution in [0.2, 0.25) is 0 Å². The van der Waals surface area contributed by atoms with Crippen molar-refractivity contribution in [1.29, 1.82) is 0 Å². The number of carbonyl (C=O) groups is 1. The van der Waals surface area contributed by atoms with Crippen molar-refractivity contribution in [2.24, 2.45) is 0 Å². The predicted octanol–water partition coefficient (Wildman–Crippen LogP) is 2.94. The van der Waals surface area contributed by atoms with Crippen LogP contribution in [0.5, 0.6) is 5.75 Å². The molecule has 7 heteroatoms. The number of nitrogens with zero attached hydrogens (tertiary/aromatic N) is 4. The molecular weight excluding hydrogens is 318 g/mol. The second kappa shape index (κ2) is 6.35. The van der Waals surface area contributed by atoms with E-state index >= 15 is 0 Å². The molecule has 1 aromatic heterocycles. The molecule has 1 aliphatic carbocycles. The number of hydrogen-bond acceptors (Lipinski definition) is 5. The number of amides is 1. The van der Waals surface area contributed by atoms with Gasteiger partial charge in [0.2, 0.25) is 0 Å². The van der Waals surface area contributed by atoms with Crippen molar-refractivity contribution in [1.82, 2.24) is 20.2 Å². The summed E-state index contributed by atoms with van der Waals surface area (Å²) in [6, 6.07) is 15.0. The highest BCUT2D eigenvalue weighted by Crippen LogP contribution is 2.36. The number of tetrazole rings is 1. The number of rotatable bonds is 5. The quantitative estimate of drug-likeness (QED) is 0.775. The molecular formula is C18H17N5O2. The maximum absolute atomic E-state index is 12.3. The van der Waals surface area contributed by atoms with Crippen molar-refractivity contribution >= 4 is 11.6 Å². The molecule has 1 aliphatic rings. The minimum Gasteiger partial charge on any atom is -0.497 e. The van der Waals surface area contributed by atoms with E-state index in [4.69, 9.17) is 4.74 Å². The molecule has 0 aliphatic heterocycles. The Kier molecular flexibility index (Phi) is 3.89. The molecule has 126 valence electrons. The third-order valence-corrected chi connectivity index (χ3v) is 4.12. The maximum atomic E-state index is 12.3. The lowest BCUT2D eigenvalue weighted by molar-refractivity contribution is 0.102. The van der Waals surface area contributed by atoms with Crippen LogP contribution >= 0.6 is 0 Å². The van der Waals surface area contributed by atoms with E-state index in [1.54, 1.807) is 31.4 Å². The Morgan fingerprint density at radius 2 is 2.00 bits per heavy atom. The number of nitrogens with one attached hydrogen (secondary N) is 1. The van der Waals surface area contributed by atoms with E-state index in [0.29, 0.717) is 23.0 Å². The molecule has 25 heavy (non-hydrogen) atoms. The van der Waals surface area contributed by atoms with Crippen LogP contribution < -0.4 is 10.1 Å². The summed E-state index contributed by atoms with van der Waals surface area (Å²) in [6.45, 7) is 0. The molecule has 4 rings (SSSR count). The third kappa shape index (κ3) is 3.21. The standard InChI is InChI=1S/C18H17N5O2/c1-25-16-4-2-3-13(11-16)18(24)19-14-7-5-12(6-8-14)17-20-21-22-23(17)15-9-10-15/h2-8,11,15H,9-10H2,1H3,(H,19,24). The fraction of sp³-hybridized carbons (Fsp3) is 0.222. The number of carbonyl (C=O) groups excluding carboxylic acids is 1. The van der Waals surface area contributed by atoms with E-state index in [0.717, 1.165) is 24.2 Å². The Balaban J connectivity index is 1.50. The summed E-state index contributed by atoms with van der Waals surface area (Å²) in [4.78, 5) is 12.3. The Morgan fingerprint density at radius 1 is 1.20 bits per heavy atom. The molecule has 1 N–H and O–H groups in total. The van der Waals surface area contributed by atoms with Crippen LogP contribution in [0.1, 0.15) is 29.2 Å². The summed E-state index contributed by atoms with van der Waals surface area (Å²) in [7, 11) is 1.57. The van der Waals surface area contributed by atoms with Crippen LogP contribution in [0.4, 0.5) is 5.69 Å². The van der Waals surface area contributed by atoms with Gasteiger partial charge in [-0.3, -0.25) is 4.79 Å². The molecule has 1 amide bonds. The fourth-order valence-corrected chi connectivity index (χ4v) is 2.62. The Labute approximate surface area is 144 Å². The van der Waals surface area contributed by atoms with Crippen molar-refractivity contribution in [2.45, 2.75) is 18.9 Å². The van der Waals surface area contributed by atoms with Crippen LogP contribution in [0.15, 0.2) is 48.5 Å². The van der Waals surface area contributed by atoms with E-state index in [2.05, 4.69) is 20.8 Å². The van der Waals surface area contributed by atoms with Crippen molar-refractivity contribution < 1.29 is 9.53 Å². The average molecular weight is 335 g/mol. The number of methoxy groups -OCH3 is 1. The number of anilines is 1. The molecule has 1 saturated carbocycles. The van der Waals surface area contributed by atoms with E-state index in [-0.39, 0.29) is 5.91 Å². The zero-order chi connectivity index (χ0) is 17.2. The molecule has 2 aromatic carbocycles. The van der Waals surface area contributed by atoms with Crippen LogP contribution in [0.25, 0.3) is 11.4 Å². The van der Waals surface area contributed by atoms with Gasteiger partial charge in [-0.2, -0.15) is 0 Å². The van der Waals surface area contributed by atoms with Gasteiger partial charge in [0, 0.05) is 16.8 Å². The second-order valence-electron chi connectivity index (χ2n) is 5.94. The largest absolute Gasteiger partial charge is 0.497 e. The Bertz CT molecular complexity index is 900. The fourth-order valence-electron chi connectivity index (χ4n) is 2.62. The van der Waals surface area contributed by atoms with E-state index in [9.17, 15) is 4.79 Å². The van der Waals surface area contributed by atoms with Gasteiger partial charge in [-0.25, -0.2) is 4.68 Å². The first-order chi connectivity index (χ1) is 12.2. The van der Waals surface area contributed by atoms with Gasteiger partial charge in [0.25, 0.3) is 5.91 Å². The Hall–Kier alpha value is -3.22. The molecule has 7 nitrogen and oxygen atoms in total. The summed E-state index contributed by atoms with van der Waals surface area (Å²) in [6.07, 6.45) is 2.24. The molecule has 0 atom stereocenters. The molecule has 0 saturated heterocycles. The zero-order valence-corrected chi connectivity index (χ0v) is 13.7.